The van der Waals surface area contributed by atoms with E-state index in [9.17, 15) is 14.7 Å². The number of carboxylic acid groups (broad SMARTS) is 1. The van der Waals surface area contributed by atoms with E-state index in [-0.39, 0.29) is 11.3 Å². The molecule has 0 spiro atoms. The lowest BCUT2D eigenvalue weighted by Crippen LogP contribution is -2.27. The summed E-state index contributed by atoms with van der Waals surface area (Å²) in [6.45, 7) is 9.42. The minimum Gasteiger partial charge on any atom is -0.478 e. The Bertz CT molecular complexity index is 1080. The lowest BCUT2D eigenvalue weighted by molar-refractivity contribution is 0.0697. The van der Waals surface area contributed by atoms with Gasteiger partial charge in [0.1, 0.15) is 5.82 Å². The molecule has 6 nitrogen and oxygen atoms in total. The van der Waals surface area contributed by atoms with Gasteiger partial charge in [-0.3, -0.25) is 4.57 Å². The molecular weight excluding hydrogens is 378 g/mol. The van der Waals surface area contributed by atoms with E-state index in [2.05, 4.69) is 32.8 Å². The van der Waals surface area contributed by atoms with Gasteiger partial charge in [-0.25, -0.2) is 14.3 Å². The number of benzene rings is 2. The maximum absolute atomic E-state index is 12.9. The zero-order valence-electron chi connectivity index (χ0n) is 18.0. The second-order valence-electron chi connectivity index (χ2n) is 8.51. The first-order chi connectivity index (χ1) is 14.3. The van der Waals surface area contributed by atoms with E-state index in [1.807, 2.05) is 30.3 Å². The molecule has 0 atom stereocenters. The summed E-state index contributed by atoms with van der Waals surface area (Å²) in [4.78, 5) is 24.4. The predicted molar refractivity (Wildman–Crippen MR) is 118 cm³/mol. The van der Waals surface area contributed by atoms with Crippen molar-refractivity contribution in [3.63, 3.8) is 0 Å². The second-order valence-corrected chi connectivity index (χ2v) is 8.51. The number of aromatic nitrogens is 3. The molecule has 0 aliphatic carbocycles. The number of aromatic carboxylic acids is 1. The van der Waals surface area contributed by atoms with E-state index in [4.69, 9.17) is 0 Å². The van der Waals surface area contributed by atoms with Crippen LogP contribution in [0.25, 0.3) is 11.1 Å². The van der Waals surface area contributed by atoms with Crippen molar-refractivity contribution in [1.82, 2.24) is 14.3 Å². The Morgan fingerprint density at radius 3 is 2.27 bits per heavy atom. The van der Waals surface area contributed by atoms with Crippen LogP contribution in [0.15, 0.2) is 53.3 Å². The van der Waals surface area contributed by atoms with Crippen molar-refractivity contribution >= 4 is 5.97 Å². The zero-order valence-corrected chi connectivity index (χ0v) is 18.0. The van der Waals surface area contributed by atoms with Gasteiger partial charge in [0.15, 0.2) is 0 Å². The number of hydrogen-bond acceptors (Lipinski definition) is 3. The van der Waals surface area contributed by atoms with Crippen molar-refractivity contribution in [2.45, 2.75) is 47.2 Å². The highest BCUT2D eigenvalue weighted by Crippen LogP contribution is 2.24. The quantitative estimate of drug-likeness (QED) is 0.603. The van der Waals surface area contributed by atoms with Gasteiger partial charge in [0.05, 0.1) is 12.1 Å². The van der Waals surface area contributed by atoms with Crippen molar-refractivity contribution in [2.24, 2.45) is 11.8 Å². The monoisotopic (exact) mass is 407 g/mol. The number of carboxylic acids is 1. The van der Waals surface area contributed by atoms with E-state index in [1.54, 1.807) is 27.4 Å². The molecule has 0 aliphatic rings. The third kappa shape index (κ3) is 4.87. The predicted octanol–water partition coefficient (Wildman–Crippen LogP) is 4.31. The summed E-state index contributed by atoms with van der Waals surface area (Å²) in [6.07, 6.45) is 0.740. The van der Waals surface area contributed by atoms with Crippen LogP contribution in [-0.2, 0) is 19.5 Å². The van der Waals surface area contributed by atoms with Crippen LogP contribution in [0.2, 0.25) is 0 Å². The molecule has 30 heavy (non-hydrogen) atoms. The second kappa shape index (κ2) is 9.11. The molecule has 1 N–H and O–H groups in total. The minimum atomic E-state index is -0.947. The minimum absolute atomic E-state index is 0.0837. The lowest BCUT2D eigenvalue weighted by atomic mass is 9.99. The first kappa shape index (κ1) is 21.6. The summed E-state index contributed by atoms with van der Waals surface area (Å²) < 4.78 is 3.32. The van der Waals surface area contributed by atoms with Crippen molar-refractivity contribution in [3.05, 3.63) is 76.0 Å². The van der Waals surface area contributed by atoms with Crippen LogP contribution in [0.4, 0.5) is 0 Å². The fourth-order valence-corrected chi connectivity index (χ4v) is 3.52. The van der Waals surface area contributed by atoms with Crippen molar-refractivity contribution < 1.29 is 9.90 Å². The fourth-order valence-electron chi connectivity index (χ4n) is 3.52. The topological polar surface area (TPSA) is 77.1 Å². The van der Waals surface area contributed by atoms with E-state index < -0.39 is 5.97 Å². The Kier molecular flexibility index (Phi) is 6.55. The molecule has 0 fully saturated rings. The highest BCUT2D eigenvalue weighted by atomic mass is 16.4. The Labute approximate surface area is 176 Å². The first-order valence-corrected chi connectivity index (χ1v) is 10.3. The summed E-state index contributed by atoms with van der Waals surface area (Å²) in [7, 11) is 0. The smallest absolute Gasteiger partial charge is 0.346 e. The van der Waals surface area contributed by atoms with Gasteiger partial charge >= 0.3 is 11.7 Å². The third-order valence-corrected chi connectivity index (χ3v) is 4.89. The van der Waals surface area contributed by atoms with Gasteiger partial charge in [-0.2, -0.15) is 5.10 Å². The number of rotatable bonds is 8. The van der Waals surface area contributed by atoms with Gasteiger partial charge in [-0.15, -0.1) is 0 Å². The molecule has 3 aromatic rings. The summed E-state index contributed by atoms with van der Waals surface area (Å²) in [5, 5.41) is 14.0. The molecular formula is C24H29N3O3. The number of hydrogen-bond donors (Lipinski definition) is 1. The van der Waals surface area contributed by atoms with Gasteiger partial charge in [-0.1, -0.05) is 70.2 Å². The molecule has 0 radical (unpaired) electrons. The van der Waals surface area contributed by atoms with E-state index >= 15 is 0 Å². The van der Waals surface area contributed by atoms with Crippen molar-refractivity contribution in [1.29, 1.82) is 0 Å². The van der Waals surface area contributed by atoms with Gasteiger partial charge < -0.3 is 5.11 Å². The van der Waals surface area contributed by atoms with Gasteiger partial charge in [0, 0.05) is 13.0 Å². The van der Waals surface area contributed by atoms with Crippen LogP contribution in [0.1, 0.15) is 49.4 Å². The highest BCUT2D eigenvalue weighted by molar-refractivity contribution is 5.95. The molecule has 1 aromatic heterocycles. The van der Waals surface area contributed by atoms with E-state index in [1.165, 1.54) is 0 Å². The molecule has 0 saturated carbocycles. The van der Waals surface area contributed by atoms with Crippen molar-refractivity contribution in [3.8, 4) is 11.1 Å². The molecule has 6 heteroatoms. The molecule has 2 aromatic carbocycles. The molecule has 0 unspecified atom stereocenters. The molecule has 0 aliphatic heterocycles. The van der Waals surface area contributed by atoms with Crippen molar-refractivity contribution in [2.75, 3.05) is 0 Å². The largest absolute Gasteiger partial charge is 0.478 e. The molecule has 0 bridgehead atoms. The molecule has 0 amide bonds. The van der Waals surface area contributed by atoms with E-state index in [0.717, 1.165) is 23.4 Å². The standard InChI is InChI=1S/C24H29N3O3/c1-16(2)13-22-25-27(14-17(3)4)24(30)26(22)15-18-9-11-19(12-10-18)20-7-5-6-8-21(20)23(28)29/h5-12,16-17H,13-15H2,1-4H3,(H,28,29). The van der Waals surface area contributed by atoms with Crippen LogP contribution in [0.5, 0.6) is 0 Å². The lowest BCUT2D eigenvalue weighted by Gasteiger charge is -2.10. The average Bonchev–Trinajstić information content (AvgIpc) is 2.96. The normalized spacial score (nSPS) is 11.4. The number of carbonyl (C=O) groups is 1. The fraction of sp³-hybridized carbons (Fsp3) is 0.375. The Hall–Kier alpha value is -3.15. The van der Waals surface area contributed by atoms with Gasteiger partial charge in [0.25, 0.3) is 0 Å². The maximum Gasteiger partial charge on any atom is 0.346 e. The van der Waals surface area contributed by atoms with Crippen LogP contribution >= 0.6 is 0 Å². The SMILES string of the molecule is CC(C)Cc1nn(CC(C)C)c(=O)n1Cc1ccc(-c2ccccc2C(=O)O)cc1. The third-order valence-electron chi connectivity index (χ3n) is 4.89. The first-order valence-electron chi connectivity index (χ1n) is 10.3. The van der Waals surface area contributed by atoms with E-state index in [0.29, 0.717) is 30.5 Å². The molecule has 3 rings (SSSR count). The van der Waals surface area contributed by atoms with Crippen LogP contribution in [-0.4, -0.2) is 25.4 Å². The number of nitrogens with zero attached hydrogens (tertiary/aromatic N) is 3. The summed E-state index contributed by atoms with van der Waals surface area (Å²) in [5.41, 5.74) is 2.68. The average molecular weight is 408 g/mol. The van der Waals surface area contributed by atoms with Crippen LogP contribution in [0.3, 0.4) is 0 Å². The highest BCUT2D eigenvalue weighted by Gasteiger charge is 2.16. The Morgan fingerprint density at radius 2 is 1.67 bits per heavy atom. The molecule has 158 valence electrons. The van der Waals surface area contributed by atoms with Gasteiger partial charge in [-0.05, 0) is 34.6 Å². The molecule has 0 saturated heterocycles. The summed E-state index contributed by atoms with van der Waals surface area (Å²) in [6, 6.07) is 14.7. The summed E-state index contributed by atoms with van der Waals surface area (Å²) in [5.74, 6) is 0.590. The van der Waals surface area contributed by atoms with Crippen LogP contribution < -0.4 is 5.69 Å². The maximum atomic E-state index is 12.9. The Balaban J connectivity index is 1.91. The Morgan fingerprint density at radius 1 is 1.00 bits per heavy atom. The van der Waals surface area contributed by atoms with Crippen LogP contribution in [0, 0.1) is 11.8 Å². The zero-order chi connectivity index (χ0) is 21.8. The molecule has 1 heterocycles. The van der Waals surface area contributed by atoms with Gasteiger partial charge in [0.2, 0.25) is 0 Å². The summed E-state index contributed by atoms with van der Waals surface area (Å²) >= 11 is 0.